The molecule has 0 unspecified atom stereocenters. The SMILES string of the molecule is O=C(NCCc1cccc(Br)c1)N1CCN(c2ccc(F)cc2)CC1. The first-order valence-corrected chi connectivity index (χ1v) is 9.19. The van der Waals surface area contributed by atoms with Crippen LogP contribution in [-0.4, -0.2) is 43.7 Å². The minimum absolute atomic E-state index is 0.0197. The number of nitrogens with zero attached hydrogens (tertiary/aromatic N) is 2. The summed E-state index contributed by atoms with van der Waals surface area (Å²) in [6, 6.07) is 14.6. The van der Waals surface area contributed by atoms with Gasteiger partial charge in [-0.2, -0.15) is 0 Å². The quantitative estimate of drug-likeness (QED) is 0.842. The van der Waals surface area contributed by atoms with Gasteiger partial charge in [-0.3, -0.25) is 0 Å². The largest absolute Gasteiger partial charge is 0.368 e. The molecular formula is C19H21BrFN3O. The van der Waals surface area contributed by atoms with Gasteiger partial charge in [-0.05, 0) is 48.4 Å². The molecule has 0 aliphatic carbocycles. The molecule has 1 fully saturated rings. The molecule has 1 aliphatic heterocycles. The maximum absolute atomic E-state index is 13.0. The number of nitrogens with one attached hydrogen (secondary N) is 1. The molecule has 4 nitrogen and oxygen atoms in total. The van der Waals surface area contributed by atoms with Crippen LogP contribution in [0.3, 0.4) is 0 Å². The molecule has 2 aromatic carbocycles. The van der Waals surface area contributed by atoms with Gasteiger partial charge < -0.3 is 15.1 Å². The monoisotopic (exact) mass is 405 g/mol. The zero-order valence-electron chi connectivity index (χ0n) is 13.9. The van der Waals surface area contributed by atoms with Crippen LogP contribution in [0.25, 0.3) is 0 Å². The highest BCUT2D eigenvalue weighted by atomic mass is 79.9. The number of rotatable bonds is 4. The van der Waals surface area contributed by atoms with Crippen molar-refractivity contribution < 1.29 is 9.18 Å². The predicted molar refractivity (Wildman–Crippen MR) is 101 cm³/mol. The number of anilines is 1. The van der Waals surface area contributed by atoms with Crippen LogP contribution >= 0.6 is 15.9 Å². The molecule has 0 bridgehead atoms. The summed E-state index contributed by atoms with van der Waals surface area (Å²) in [7, 11) is 0. The molecule has 3 rings (SSSR count). The molecule has 6 heteroatoms. The van der Waals surface area contributed by atoms with E-state index in [1.807, 2.05) is 17.0 Å². The Kier molecular flexibility index (Phi) is 5.91. The van der Waals surface area contributed by atoms with Gasteiger partial charge in [-0.25, -0.2) is 9.18 Å². The molecule has 1 saturated heterocycles. The number of amides is 2. The Labute approximate surface area is 155 Å². The van der Waals surface area contributed by atoms with E-state index in [1.54, 1.807) is 12.1 Å². The minimum Gasteiger partial charge on any atom is -0.368 e. The summed E-state index contributed by atoms with van der Waals surface area (Å²) in [5.41, 5.74) is 2.19. The fourth-order valence-electron chi connectivity index (χ4n) is 2.94. The highest BCUT2D eigenvalue weighted by Gasteiger charge is 2.20. The second-order valence-corrected chi connectivity index (χ2v) is 6.98. The molecule has 0 atom stereocenters. The number of hydrogen-bond donors (Lipinski definition) is 1. The molecule has 0 saturated carbocycles. The Morgan fingerprint density at radius 1 is 1.08 bits per heavy atom. The van der Waals surface area contributed by atoms with Gasteiger partial charge in [0.2, 0.25) is 0 Å². The van der Waals surface area contributed by atoms with E-state index in [0.29, 0.717) is 19.6 Å². The van der Waals surface area contributed by atoms with E-state index in [1.165, 1.54) is 17.7 Å². The lowest BCUT2D eigenvalue weighted by molar-refractivity contribution is 0.194. The first kappa shape index (κ1) is 17.7. The minimum atomic E-state index is -0.229. The van der Waals surface area contributed by atoms with E-state index in [-0.39, 0.29) is 11.8 Å². The summed E-state index contributed by atoms with van der Waals surface area (Å²) < 4.78 is 14.1. The molecule has 25 heavy (non-hydrogen) atoms. The van der Waals surface area contributed by atoms with Crippen LogP contribution in [0.2, 0.25) is 0 Å². The maximum Gasteiger partial charge on any atom is 0.317 e. The predicted octanol–water partition coefficient (Wildman–Crippen LogP) is 3.66. The van der Waals surface area contributed by atoms with E-state index in [4.69, 9.17) is 0 Å². The van der Waals surface area contributed by atoms with Gasteiger partial charge in [-0.1, -0.05) is 28.1 Å². The molecule has 0 aromatic heterocycles. The van der Waals surface area contributed by atoms with Gasteiger partial charge in [0, 0.05) is 42.9 Å². The molecule has 132 valence electrons. The van der Waals surface area contributed by atoms with Gasteiger partial charge in [0.15, 0.2) is 0 Å². The lowest BCUT2D eigenvalue weighted by Crippen LogP contribution is -2.52. The summed E-state index contributed by atoms with van der Waals surface area (Å²) in [4.78, 5) is 16.3. The fourth-order valence-corrected chi connectivity index (χ4v) is 3.38. The third-order valence-electron chi connectivity index (χ3n) is 4.34. The van der Waals surface area contributed by atoms with Crippen LogP contribution in [-0.2, 0) is 6.42 Å². The van der Waals surface area contributed by atoms with Crippen molar-refractivity contribution in [2.24, 2.45) is 0 Å². The van der Waals surface area contributed by atoms with E-state index >= 15 is 0 Å². The third-order valence-corrected chi connectivity index (χ3v) is 4.83. The zero-order chi connectivity index (χ0) is 17.6. The molecule has 2 aromatic rings. The summed E-state index contributed by atoms with van der Waals surface area (Å²) in [5, 5.41) is 2.99. The van der Waals surface area contributed by atoms with Crippen molar-refractivity contribution in [2.75, 3.05) is 37.6 Å². The van der Waals surface area contributed by atoms with Crippen LogP contribution < -0.4 is 10.2 Å². The molecule has 1 N–H and O–H groups in total. The Hall–Kier alpha value is -2.08. The van der Waals surface area contributed by atoms with E-state index in [2.05, 4.69) is 38.3 Å². The van der Waals surface area contributed by atoms with Crippen LogP contribution in [0, 0.1) is 5.82 Å². The second kappa shape index (κ2) is 8.34. The van der Waals surface area contributed by atoms with Crippen LogP contribution in [0.1, 0.15) is 5.56 Å². The summed E-state index contributed by atoms with van der Waals surface area (Å²) in [5.74, 6) is -0.229. The van der Waals surface area contributed by atoms with Gasteiger partial charge in [0.25, 0.3) is 0 Å². The van der Waals surface area contributed by atoms with Crippen molar-refractivity contribution in [2.45, 2.75) is 6.42 Å². The fraction of sp³-hybridized carbons (Fsp3) is 0.316. The first-order chi connectivity index (χ1) is 12.1. The average molecular weight is 406 g/mol. The zero-order valence-corrected chi connectivity index (χ0v) is 15.5. The Morgan fingerprint density at radius 3 is 2.48 bits per heavy atom. The van der Waals surface area contributed by atoms with Crippen LogP contribution in [0.15, 0.2) is 53.0 Å². The second-order valence-electron chi connectivity index (χ2n) is 6.06. The molecule has 0 radical (unpaired) electrons. The molecule has 2 amide bonds. The van der Waals surface area contributed by atoms with E-state index in [9.17, 15) is 9.18 Å². The standard InChI is InChI=1S/C19H21BrFN3O/c20-16-3-1-2-15(14-16)8-9-22-19(25)24-12-10-23(11-13-24)18-6-4-17(21)5-7-18/h1-7,14H,8-13H2,(H,22,25). The highest BCUT2D eigenvalue weighted by molar-refractivity contribution is 9.10. The normalized spacial score (nSPS) is 14.5. The summed E-state index contributed by atoms with van der Waals surface area (Å²) >= 11 is 3.45. The van der Waals surface area contributed by atoms with E-state index in [0.717, 1.165) is 29.7 Å². The third kappa shape index (κ3) is 4.95. The number of halogens is 2. The van der Waals surface area contributed by atoms with Crippen molar-refractivity contribution in [1.29, 1.82) is 0 Å². The maximum atomic E-state index is 13.0. The molecule has 1 aliphatic rings. The summed E-state index contributed by atoms with van der Waals surface area (Å²) in [6.45, 7) is 3.46. The lowest BCUT2D eigenvalue weighted by Gasteiger charge is -2.36. The lowest BCUT2D eigenvalue weighted by atomic mass is 10.1. The van der Waals surface area contributed by atoms with Crippen molar-refractivity contribution >= 4 is 27.6 Å². The molecular weight excluding hydrogens is 385 g/mol. The molecule has 1 heterocycles. The first-order valence-electron chi connectivity index (χ1n) is 8.39. The van der Waals surface area contributed by atoms with Crippen LogP contribution in [0.4, 0.5) is 14.9 Å². The van der Waals surface area contributed by atoms with Crippen molar-refractivity contribution in [1.82, 2.24) is 10.2 Å². The smallest absolute Gasteiger partial charge is 0.317 e. The Bertz CT molecular complexity index is 715. The number of carbonyl (C=O) groups excluding carboxylic acids is 1. The van der Waals surface area contributed by atoms with E-state index < -0.39 is 0 Å². The van der Waals surface area contributed by atoms with Gasteiger partial charge in [0.1, 0.15) is 5.82 Å². The number of hydrogen-bond acceptors (Lipinski definition) is 2. The topological polar surface area (TPSA) is 35.6 Å². The van der Waals surface area contributed by atoms with Crippen molar-refractivity contribution in [3.8, 4) is 0 Å². The number of piperazine rings is 1. The van der Waals surface area contributed by atoms with Crippen molar-refractivity contribution in [3.63, 3.8) is 0 Å². The van der Waals surface area contributed by atoms with Gasteiger partial charge >= 0.3 is 6.03 Å². The van der Waals surface area contributed by atoms with Gasteiger partial charge in [-0.15, -0.1) is 0 Å². The summed E-state index contributed by atoms with van der Waals surface area (Å²) in [6.07, 6.45) is 0.806. The number of urea groups is 1. The Morgan fingerprint density at radius 2 is 1.80 bits per heavy atom. The average Bonchev–Trinajstić information content (AvgIpc) is 2.62. The van der Waals surface area contributed by atoms with Gasteiger partial charge in [0.05, 0.1) is 0 Å². The Balaban J connectivity index is 1.43. The highest BCUT2D eigenvalue weighted by Crippen LogP contribution is 2.17. The molecule has 0 spiro atoms. The number of benzene rings is 2. The number of carbonyl (C=O) groups is 1. The van der Waals surface area contributed by atoms with Crippen LogP contribution in [0.5, 0.6) is 0 Å². The van der Waals surface area contributed by atoms with Crippen molar-refractivity contribution in [3.05, 3.63) is 64.4 Å².